The van der Waals surface area contributed by atoms with Gasteiger partial charge in [0.2, 0.25) is 0 Å². The monoisotopic (exact) mass is 227 g/mol. The maximum atomic E-state index is 8.90. The Morgan fingerprint density at radius 3 is 3.08 bits per heavy atom. The molecule has 62 valence electrons. The van der Waals surface area contributed by atoms with Crippen LogP contribution in [0, 0.1) is 0 Å². The van der Waals surface area contributed by atoms with E-state index in [4.69, 9.17) is 5.11 Å². The van der Waals surface area contributed by atoms with Crippen molar-refractivity contribution in [3.05, 3.63) is 28.6 Å². The Morgan fingerprint density at radius 2 is 2.33 bits per heavy atom. The molecule has 0 aliphatic carbocycles. The van der Waals surface area contributed by atoms with Gasteiger partial charge >= 0.3 is 0 Å². The molecule has 1 N–H and O–H groups in total. The van der Waals surface area contributed by atoms with Crippen LogP contribution in [0.5, 0.6) is 0 Å². The number of aliphatic hydroxyl groups excluding tert-OH is 1. The van der Waals surface area contributed by atoms with Crippen LogP contribution in [-0.4, -0.2) is 19.7 Å². The number of imidazole rings is 1. The first-order valence-electron chi connectivity index (χ1n) is 3.41. The first-order chi connectivity index (χ1) is 5.81. The van der Waals surface area contributed by atoms with E-state index in [-0.39, 0.29) is 6.61 Å². The van der Waals surface area contributed by atoms with Crippen LogP contribution >= 0.6 is 15.9 Å². The highest BCUT2D eigenvalue weighted by Crippen LogP contribution is 2.09. The normalized spacial score (nSPS) is 10.8. The van der Waals surface area contributed by atoms with Crippen molar-refractivity contribution in [2.75, 3.05) is 0 Å². The summed E-state index contributed by atoms with van der Waals surface area (Å²) in [6.07, 6.45) is 1.61. The molecule has 0 saturated heterocycles. The highest BCUT2D eigenvalue weighted by Gasteiger charge is 2.02. The van der Waals surface area contributed by atoms with Crippen LogP contribution in [0.4, 0.5) is 0 Å². The first kappa shape index (κ1) is 7.70. The van der Waals surface area contributed by atoms with Gasteiger partial charge in [0.25, 0.3) is 0 Å². The van der Waals surface area contributed by atoms with E-state index in [1.807, 2.05) is 12.1 Å². The zero-order chi connectivity index (χ0) is 8.55. The van der Waals surface area contributed by atoms with Gasteiger partial charge in [0.1, 0.15) is 4.60 Å². The van der Waals surface area contributed by atoms with Crippen LogP contribution < -0.4 is 0 Å². The van der Waals surface area contributed by atoms with E-state index in [0.717, 1.165) is 10.3 Å². The maximum absolute atomic E-state index is 8.90. The fraction of sp³-hybridized carbons (Fsp3) is 0.143. The quantitative estimate of drug-likeness (QED) is 0.791. The molecular weight excluding hydrogens is 222 g/mol. The molecule has 2 heterocycles. The van der Waals surface area contributed by atoms with Crippen LogP contribution in [0.25, 0.3) is 5.65 Å². The number of rotatable bonds is 1. The molecule has 4 nitrogen and oxygen atoms in total. The lowest BCUT2D eigenvalue weighted by Crippen LogP contribution is -1.96. The minimum atomic E-state index is -0.0510. The first-order valence-corrected chi connectivity index (χ1v) is 4.20. The van der Waals surface area contributed by atoms with Crippen molar-refractivity contribution in [3.63, 3.8) is 0 Å². The molecule has 0 radical (unpaired) electrons. The van der Waals surface area contributed by atoms with E-state index in [9.17, 15) is 0 Å². The van der Waals surface area contributed by atoms with Gasteiger partial charge in [-0.25, -0.2) is 9.50 Å². The van der Waals surface area contributed by atoms with Gasteiger partial charge in [0.15, 0.2) is 5.65 Å². The molecule has 5 heteroatoms. The Balaban J connectivity index is 2.75. The summed E-state index contributed by atoms with van der Waals surface area (Å²) in [6, 6.07) is 3.64. The summed E-state index contributed by atoms with van der Waals surface area (Å²) in [5, 5.41) is 13.0. The zero-order valence-corrected chi connectivity index (χ0v) is 7.69. The summed E-state index contributed by atoms with van der Waals surface area (Å²) in [7, 11) is 0. The molecule has 0 atom stereocenters. The number of hydrogen-bond donors (Lipinski definition) is 1. The van der Waals surface area contributed by atoms with E-state index in [2.05, 4.69) is 26.0 Å². The van der Waals surface area contributed by atoms with Gasteiger partial charge in [0.05, 0.1) is 18.5 Å². The van der Waals surface area contributed by atoms with E-state index < -0.39 is 0 Å². The molecule has 0 fully saturated rings. The Morgan fingerprint density at radius 1 is 1.50 bits per heavy atom. The Labute approximate surface area is 77.0 Å². The van der Waals surface area contributed by atoms with Gasteiger partial charge in [-0.05, 0) is 28.1 Å². The molecule has 0 aromatic carbocycles. The van der Waals surface area contributed by atoms with Crippen molar-refractivity contribution in [2.24, 2.45) is 0 Å². The Kier molecular flexibility index (Phi) is 1.82. The van der Waals surface area contributed by atoms with E-state index >= 15 is 0 Å². The molecule has 2 aromatic rings. The zero-order valence-electron chi connectivity index (χ0n) is 6.11. The summed E-state index contributed by atoms with van der Waals surface area (Å²) in [5.41, 5.74) is 1.42. The molecule has 0 unspecified atom stereocenters. The third kappa shape index (κ3) is 1.11. The predicted octanol–water partition coefficient (Wildman–Crippen LogP) is 0.984. The number of aromatic nitrogens is 3. The fourth-order valence-corrected chi connectivity index (χ4v) is 1.30. The lowest BCUT2D eigenvalue weighted by molar-refractivity contribution is 0.274. The summed E-state index contributed by atoms with van der Waals surface area (Å²) in [6.45, 7) is -0.0510. The molecule has 2 aromatic heterocycles. The number of aliphatic hydroxyl groups is 1. The van der Waals surface area contributed by atoms with Gasteiger partial charge < -0.3 is 5.11 Å². The molecule has 0 bridgehead atoms. The summed E-state index contributed by atoms with van der Waals surface area (Å²) < 4.78 is 2.33. The van der Waals surface area contributed by atoms with Gasteiger partial charge in [0, 0.05) is 0 Å². The number of hydrogen-bond acceptors (Lipinski definition) is 3. The smallest absolute Gasteiger partial charge is 0.153 e. The lowest BCUT2D eigenvalue weighted by Gasteiger charge is -1.95. The maximum Gasteiger partial charge on any atom is 0.153 e. The Hall–Kier alpha value is -0.940. The van der Waals surface area contributed by atoms with Crippen molar-refractivity contribution >= 4 is 21.6 Å². The van der Waals surface area contributed by atoms with E-state index in [1.54, 1.807) is 10.7 Å². The molecular formula is C7H6BrN3O. The van der Waals surface area contributed by atoms with Crippen LogP contribution in [0.2, 0.25) is 0 Å². The third-order valence-electron chi connectivity index (χ3n) is 1.56. The molecule has 0 aliphatic rings. The molecule has 2 rings (SSSR count). The van der Waals surface area contributed by atoms with Crippen molar-refractivity contribution in [3.8, 4) is 0 Å². The van der Waals surface area contributed by atoms with Crippen LogP contribution in [0.1, 0.15) is 5.69 Å². The predicted molar refractivity (Wildman–Crippen MR) is 46.6 cm³/mol. The van der Waals surface area contributed by atoms with Crippen molar-refractivity contribution in [2.45, 2.75) is 6.61 Å². The average molecular weight is 228 g/mol. The highest BCUT2D eigenvalue weighted by molar-refractivity contribution is 9.10. The third-order valence-corrected chi connectivity index (χ3v) is 1.99. The minimum Gasteiger partial charge on any atom is -0.390 e. The van der Waals surface area contributed by atoms with Gasteiger partial charge in [-0.15, -0.1) is 0 Å². The van der Waals surface area contributed by atoms with E-state index in [1.165, 1.54) is 0 Å². The van der Waals surface area contributed by atoms with Gasteiger partial charge in [-0.3, -0.25) is 0 Å². The Bertz CT molecular complexity index is 412. The SMILES string of the molecule is OCc1cnc2ccc(Br)nn12. The standard InChI is InChI=1S/C7H6BrN3O/c8-6-1-2-7-9-3-5(4-12)11(7)10-6/h1-3,12H,4H2. The second-order valence-electron chi connectivity index (χ2n) is 2.33. The van der Waals surface area contributed by atoms with Gasteiger partial charge in [-0.2, -0.15) is 5.10 Å². The largest absolute Gasteiger partial charge is 0.390 e. The summed E-state index contributed by atoms with van der Waals surface area (Å²) in [5.74, 6) is 0. The minimum absolute atomic E-state index is 0.0510. The fourth-order valence-electron chi connectivity index (χ4n) is 1.01. The van der Waals surface area contributed by atoms with Crippen molar-refractivity contribution in [1.29, 1.82) is 0 Å². The summed E-state index contributed by atoms with van der Waals surface area (Å²) in [4.78, 5) is 4.05. The molecule has 0 saturated carbocycles. The van der Waals surface area contributed by atoms with Crippen molar-refractivity contribution in [1.82, 2.24) is 14.6 Å². The topological polar surface area (TPSA) is 50.4 Å². The number of fused-ring (bicyclic) bond motifs is 1. The second-order valence-corrected chi connectivity index (χ2v) is 3.15. The molecule has 0 spiro atoms. The van der Waals surface area contributed by atoms with Gasteiger partial charge in [-0.1, -0.05) is 0 Å². The van der Waals surface area contributed by atoms with Crippen molar-refractivity contribution < 1.29 is 5.11 Å². The molecule has 0 amide bonds. The lowest BCUT2D eigenvalue weighted by atomic mass is 10.5. The highest BCUT2D eigenvalue weighted by atomic mass is 79.9. The number of nitrogens with zero attached hydrogens (tertiary/aromatic N) is 3. The average Bonchev–Trinajstić information content (AvgIpc) is 2.46. The van der Waals surface area contributed by atoms with Crippen LogP contribution in [0.15, 0.2) is 22.9 Å². The number of halogens is 1. The van der Waals surface area contributed by atoms with Crippen LogP contribution in [0.3, 0.4) is 0 Å². The van der Waals surface area contributed by atoms with E-state index in [0.29, 0.717) is 5.69 Å². The molecule has 0 aliphatic heterocycles. The summed E-state index contributed by atoms with van der Waals surface area (Å²) >= 11 is 3.24. The second kappa shape index (κ2) is 2.84. The van der Waals surface area contributed by atoms with Crippen LogP contribution in [-0.2, 0) is 6.61 Å². The molecule has 12 heavy (non-hydrogen) atoms.